The molecule has 2 amide bonds. The Balaban J connectivity index is 1.60. The number of hydrogen-bond acceptors (Lipinski definition) is 9. The summed E-state index contributed by atoms with van der Waals surface area (Å²) in [5, 5.41) is 28.2. The Kier molecular flexibility index (Phi) is 11.5. The molecule has 2 aromatic carbocycles. The summed E-state index contributed by atoms with van der Waals surface area (Å²) in [5.74, 6) is -0.282. The number of benzene rings is 2. The molecule has 4 rings (SSSR count). The first-order valence-corrected chi connectivity index (χ1v) is 17.3. The third-order valence-corrected chi connectivity index (χ3v) is 9.48. The van der Waals surface area contributed by atoms with E-state index in [1.807, 2.05) is 89.2 Å². The molecule has 0 aromatic heterocycles. The average molecular weight is 669 g/mol. The first-order chi connectivity index (χ1) is 21.7. The van der Waals surface area contributed by atoms with Gasteiger partial charge in [0.25, 0.3) is 5.91 Å². The van der Waals surface area contributed by atoms with E-state index in [1.54, 1.807) is 11.0 Å². The fraction of sp³-hybridized carbons (Fsp3) is 0.441. The quantitative estimate of drug-likeness (QED) is 0.227. The molecule has 1 aliphatic heterocycles. The lowest BCUT2D eigenvalue weighted by Crippen LogP contribution is -2.53. The number of amides is 2. The number of anilines is 2. The molecule has 0 unspecified atom stereocenters. The molecule has 0 radical (unpaired) electrons. The van der Waals surface area contributed by atoms with Gasteiger partial charge in [0.05, 0.1) is 23.3 Å². The molecular weight excluding hydrogens is 625 g/mol. The smallest absolute Gasteiger partial charge is 0.250 e. The molecule has 0 bridgehead atoms. The number of β-amino-alcohol motifs (C(OH)–C–C–N with tert-alkyl or cyclic N) is 1. The highest BCUT2D eigenvalue weighted by Gasteiger charge is 2.34. The van der Waals surface area contributed by atoms with Gasteiger partial charge in [-0.25, -0.2) is 0 Å². The van der Waals surface area contributed by atoms with Crippen molar-refractivity contribution in [2.24, 2.45) is 0 Å². The van der Waals surface area contributed by atoms with E-state index in [9.17, 15) is 23.1 Å². The molecule has 10 nitrogen and oxygen atoms in total. The third kappa shape index (κ3) is 9.32. The molecule has 2 atom stereocenters. The van der Waals surface area contributed by atoms with E-state index in [-0.39, 0.29) is 48.1 Å². The van der Waals surface area contributed by atoms with Gasteiger partial charge in [-0.05, 0) is 58.4 Å². The Labute approximate surface area is 276 Å². The van der Waals surface area contributed by atoms with E-state index in [0.717, 1.165) is 21.7 Å². The Hall–Kier alpha value is -3.42. The molecule has 12 heteroatoms. The molecule has 0 spiro atoms. The third-order valence-electron chi connectivity index (χ3n) is 7.55. The molecular formula is C34H44N4O6S2. The normalized spacial score (nSPS) is 17.8. The highest BCUT2D eigenvalue weighted by Crippen LogP contribution is 2.36. The van der Waals surface area contributed by atoms with E-state index in [1.165, 1.54) is 11.8 Å². The van der Waals surface area contributed by atoms with Gasteiger partial charge in [0.2, 0.25) is 16.2 Å². The minimum atomic E-state index is -2.50. The van der Waals surface area contributed by atoms with Crippen molar-refractivity contribution in [2.75, 3.05) is 35.7 Å². The van der Waals surface area contributed by atoms with E-state index in [2.05, 4.69) is 16.0 Å². The number of rotatable bonds is 11. The van der Waals surface area contributed by atoms with Crippen molar-refractivity contribution in [3.8, 4) is 0 Å². The molecule has 0 saturated heterocycles. The van der Waals surface area contributed by atoms with E-state index < -0.39 is 34.6 Å². The standard InChI is InChI=1S/C34H44N4O6S2/c1-33(2,3)37-26-11-7-6-10-24(26)25-15-14-22(16-30(25)46(43)44)19-38-28-12-8-9-13-29(28)45-21-27(32(38)42)36-31(41)17-34(4,5)35-18-23(40)20-39/h6-15,23,27,35,37,39-40H,16-21H2,1-5H3,(H,36,41)/t23-,27+/m0/s1. The number of aliphatic hydroxyl groups is 2. The minimum Gasteiger partial charge on any atom is -0.394 e. The summed E-state index contributed by atoms with van der Waals surface area (Å²) in [6.45, 7) is 9.63. The minimum absolute atomic E-state index is 0.0461. The van der Waals surface area contributed by atoms with Crippen LogP contribution in [0.25, 0.3) is 5.57 Å². The van der Waals surface area contributed by atoms with Gasteiger partial charge in [-0.1, -0.05) is 42.5 Å². The number of carbonyl (C=O) groups is 2. The first-order valence-electron chi connectivity index (χ1n) is 15.3. The van der Waals surface area contributed by atoms with Gasteiger partial charge in [0.15, 0.2) is 0 Å². The zero-order valence-corrected chi connectivity index (χ0v) is 28.6. The Morgan fingerprint density at radius 1 is 1.07 bits per heavy atom. The number of thioether (sulfide) groups is 1. The van der Waals surface area contributed by atoms with Crippen LogP contribution < -0.4 is 20.9 Å². The summed E-state index contributed by atoms with van der Waals surface area (Å²) in [6.07, 6.45) is 2.93. The van der Waals surface area contributed by atoms with Gasteiger partial charge in [0, 0.05) is 64.5 Å². The number of hydrogen-bond donors (Lipinski definition) is 5. The Bertz CT molecular complexity index is 1650. The maximum atomic E-state index is 14.1. The van der Waals surface area contributed by atoms with Crippen molar-refractivity contribution in [2.45, 2.75) is 75.6 Å². The van der Waals surface area contributed by atoms with Crippen molar-refractivity contribution in [1.82, 2.24) is 10.6 Å². The number of para-hydroxylation sites is 2. The summed E-state index contributed by atoms with van der Waals surface area (Å²) in [7, 11) is -2.50. The van der Waals surface area contributed by atoms with Crippen LogP contribution in [0.15, 0.2) is 71.2 Å². The summed E-state index contributed by atoms with van der Waals surface area (Å²) in [6, 6.07) is 14.3. The second kappa shape index (κ2) is 15.0. The maximum absolute atomic E-state index is 14.1. The van der Waals surface area contributed by atoms with Gasteiger partial charge in [0.1, 0.15) is 6.04 Å². The van der Waals surface area contributed by atoms with Gasteiger partial charge in [-0.2, -0.15) is 8.42 Å². The highest BCUT2D eigenvalue weighted by molar-refractivity contribution is 7.99. The number of aliphatic hydroxyl groups excluding tert-OH is 2. The lowest BCUT2D eigenvalue weighted by atomic mass is 9.91. The molecule has 2 aliphatic rings. The zero-order chi connectivity index (χ0) is 33.6. The summed E-state index contributed by atoms with van der Waals surface area (Å²) < 4.78 is 25.2. The number of carbonyl (C=O) groups excluding carboxylic acids is 2. The van der Waals surface area contributed by atoms with Gasteiger partial charge >= 0.3 is 0 Å². The number of allylic oxidation sites excluding steroid dienone is 3. The van der Waals surface area contributed by atoms with Crippen molar-refractivity contribution in [1.29, 1.82) is 0 Å². The Morgan fingerprint density at radius 2 is 1.76 bits per heavy atom. The summed E-state index contributed by atoms with van der Waals surface area (Å²) >= 11 is 1.48. The van der Waals surface area contributed by atoms with Crippen molar-refractivity contribution in [3.63, 3.8) is 0 Å². The SMILES string of the molecule is CC(C)(C)Nc1ccccc1C1=CC=C(CN2C(=O)[C@H](NC(=O)CC(C)(C)NC[C@H](O)CO)CSc3ccccc32)CC1=S(=O)=O. The number of nitrogens with one attached hydrogen (secondary N) is 3. The molecule has 2 aromatic rings. The van der Waals surface area contributed by atoms with E-state index in [4.69, 9.17) is 5.11 Å². The lowest BCUT2D eigenvalue weighted by Gasteiger charge is -2.30. The second-order valence-corrected chi connectivity index (χ2v) is 15.3. The summed E-state index contributed by atoms with van der Waals surface area (Å²) in [5.41, 5.74) is 2.74. The Morgan fingerprint density at radius 3 is 2.46 bits per heavy atom. The number of nitrogens with zero attached hydrogens (tertiary/aromatic N) is 1. The van der Waals surface area contributed by atoms with Gasteiger partial charge in [-0.3, -0.25) is 9.59 Å². The summed E-state index contributed by atoms with van der Waals surface area (Å²) in [4.78, 5) is 30.0. The molecule has 248 valence electrons. The zero-order valence-electron chi connectivity index (χ0n) is 27.0. The van der Waals surface area contributed by atoms with Crippen LogP contribution in [0.4, 0.5) is 11.4 Å². The molecule has 0 fully saturated rings. The van der Waals surface area contributed by atoms with Crippen LogP contribution in [-0.2, 0) is 19.9 Å². The van der Waals surface area contributed by atoms with Crippen LogP contribution in [0.5, 0.6) is 0 Å². The molecule has 0 saturated carbocycles. The van der Waals surface area contributed by atoms with Crippen LogP contribution in [0.2, 0.25) is 0 Å². The fourth-order valence-corrected chi connectivity index (χ4v) is 7.11. The second-order valence-electron chi connectivity index (χ2n) is 13.3. The van der Waals surface area contributed by atoms with Crippen molar-refractivity contribution < 1.29 is 28.2 Å². The van der Waals surface area contributed by atoms with Crippen LogP contribution in [0.1, 0.15) is 53.0 Å². The fourth-order valence-electron chi connectivity index (χ4n) is 5.37. The van der Waals surface area contributed by atoms with Crippen LogP contribution in [0, 0.1) is 0 Å². The largest absolute Gasteiger partial charge is 0.394 e. The predicted octanol–water partition coefficient (Wildman–Crippen LogP) is 3.40. The van der Waals surface area contributed by atoms with E-state index in [0.29, 0.717) is 17.0 Å². The molecule has 46 heavy (non-hydrogen) atoms. The van der Waals surface area contributed by atoms with Crippen LogP contribution in [-0.4, -0.2) is 84.0 Å². The van der Waals surface area contributed by atoms with Gasteiger partial charge < -0.3 is 31.1 Å². The van der Waals surface area contributed by atoms with Gasteiger partial charge in [-0.15, -0.1) is 11.8 Å². The van der Waals surface area contributed by atoms with Crippen LogP contribution >= 0.6 is 11.8 Å². The van der Waals surface area contributed by atoms with Crippen LogP contribution in [0.3, 0.4) is 0 Å². The molecule has 5 N–H and O–H groups in total. The van der Waals surface area contributed by atoms with E-state index >= 15 is 0 Å². The average Bonchev–Trinajstić information content (AvgIpc) is 3.11. The van der Waals surface area contributed by atoms with Crippen molar-refractivity contribution in [3.05, 3.63) is 71.8 Å². The highest BCUT2D eigenvalue weighted by atomic mass is 32.2. The first kappa shape index (κ1) is 35.4. The predicted molar refractivity (Wildman–Crippen MR) is 186 cm³/mol. The maximum Gasteiger partial charge on any atom is 0.250 e. The molecule has 1 heterocycles. The van der Waals surface area contributed by atoms with Crippen molar-refractivity contribution >= 4 is 55.7 Å². The monoisotopic (exact) mass is 668 g/mol. The lowest BCUT2D eigenvalue weighted by molar-refractivity contribution is -0.127. The molecule has 1 aliphatic carbocycles. The number of fused-ring (bicyclic) bond motifs is 1. The topological polar surface area (TPSA) is 148 Å².